The summed E-state index contributed by atoms with van der Waals surface area (Å²) in [6.45, 7) is 5.36. The molecule has 0 fully saturated rings. The minimum Gasteiger partial charge on any atom is -0.312 e. The van der Waals surface area contributed by atoms with E-state index in [2.05, 4.69) is 0 Å². The fourth-order valence-corrected chi connectivity index (χ4v) is 5.27. The van der Waals surface area contributed by atoms with Crippen molar-refractivity contribution in [3.8, 4) is 0 Å². The van der Waals surface area contributed by atoms with Gasteiger partial charge in [0.15, 0.2) is 0 Å². The molecule has 3 nitrogen and oxygen atoms in total. The first kappa shape index (κ1) is 14.0. The monoisotopic (exact) mass is 298 g/mol. The molecule has 0 saturated carbocycles. The van der Waals surface area contributed by atoms with Gasteiger partial charge in [-0.25, -0.2) is 0 Å². The first-order valence-corrected chi connectivity index (χ1v) is 10.1. The standard InChI is InChI=1S/C9H12Cl2O3SSi/c1-16(2,3)14-15(12,13)9-5-4-7(10)6-8(9)11/h4-6H,1-3H3. The van der Waals surface area contributed by atoms with Crippen LogP contribution in [0.15, 0.2) is 23.1 Å². The van der Waals surface area contributed by atoms with E-state index in [9.17, 15) is 8.42 Å². The molecule has 0 aliphatic carbocycles. The molecule has 0 radical (unpaired) electrons. The average molecular weight is 299 g/mol. The molecule has 0 aliphatic heterocycles. The highest BCUT2D eigenvalue weighted by molar-refractivity contribution is 7.88. The average Bonchev–Trinajstić information content (AvgIpc) is 1.97. The van der Waals surface area contributed by atoms with Crippen LogP contribution in [0.25, 0.3) is 0 Å². The summed E-state index contributed by atoms with van der Waals surface area (Å²) in [4.78, 5) is -0.0407. The van der Waals surface area contributed by atoms with Crippen LogP contribution in [0.3, 0.4) is 0 Å². The van der Waals surface area contributed by atoms with Gasteiger partial charge in [0.05, 0.1) is 5.02 Å². The summed E-state index contributed by atoms with van der Waals surface area (Å²) >= 11 is 11.5. The molecule has 1 aromatic carbocycles. The van der Waals surface area contributed by atoms with E-state index < -0.39 is 18.4 Å². The summed E-state index contributed by atoms with van der Waals surface area (Å²) in [6.07, 6.45) is 0. The summed E-state index contributed by atoms with van der Waals surface area (Å²) < 4.78 is 28.8. The first-order valence-electron chi connectivity index (χ1n) is 4.52. The van der Waals surface area contributed by atoms with Crippen LogP contribution in [-0.4, -0.2) is 16.7 Å². The maximum absolute atomic E-state index is 11.9. The molecule has 1 rings (SSSR count). The number of halogens is 2. The lowest BCUT2D eigenvalue weighted by Crippen LogP contribution is -2.29. The topological polar surface area (TPSA) is 43.4 Å². The SMILES string of the molecule is C[Si](C)(C)OS(=O)(=O)c1ccc(Cl)cc1Cl. The van der Waals surface area contributed by atoms with Gasteiger partial charge >= 0.3 is 0 Å². The Hall–Kier alpha value is -0.0731. The third kappa shape index (κ3) is 3.75. The molecule has 1 aromatic rings. The van der Waals surface area contributed by atoms with Crippen LogP contribution < -0.4 is 0 Å². The highest BCUT2D eigenvalue weighted by Gasteiger charge is 2.27. The lowest BCUT2D eigenvalue weighted by Gasteiger charge is -2.17. The molecule has 0 spiro atoms. The zero-order valence-electron chi connectivity index (χ0n) is 9.12. The number of rotatable bonds is 3. The molecule has 0 atom stereocenters. The predicted octanol–water partition coefficient (Wildman–Crippen LogP) is 3.53. The molecule has 0 saturated heterocycles. The Morgan fingerprint density at radius 3 is 2.19 bits per heavy atom. The second-order valence-corrected chi connectivity index (χ2v) is 11.3. The van der Waals surface area contributed by atoms with E-state index in [1.807, 2.05) is 0 Å². The Bertz CT molecular complexity index is 494. The van der Waals surface area contributed by atoms with Gasteiger partial charge in [-0.2, -0.15) is 8.42 Å². The van der Waals surface area contributed by atoms with E-state index in [0.29, 0.717) is 5.02 Å². The molecule has 0 aromatic heterocycles. The number of hydrogen-bond donors (Lipinski definition) is 0. The molecule has 90 valence electrons. The van der Waals surface area contributed by atoms with Crippen molar-refractivity contribution in [2.24, 2.45) is 0 Å². The van der Waals surface area contributed by atoms with Crippen LogP contribution in [0.1, 0.15) is 0 Å². The molecular formula is C9H12Cl2O3SSi. The van der Waals surface area contributed by atoms with E-state index >= 15 is 0 Å². The molecular weight excluding hydrogens is 287 g/mol. The Kier molecular flexibility index (Phi) is 4.07. The van der Waals surface area contributed by atoms with Gasteiger partial charge in [-0.3, -0.25) is 0 Å². The van der Waals surface area contributed by atoms with Crippen molar-refractivity contribution in [3.63, 3.8) is 0 Å². The van der Waals surface area contributed by atoms with E-state index in [0.717, 1.165) is 0 Å². The van der Waals surface area contributed by atoms with Gasteiger partial charge in [0.25, 0.3) is 10.1 Å². The zero-order chi connectivity index (χ0) is 12.6. The maximum atomic E-state index is 11.9. The lowest BCUT2D eigenvalue weighted by atomic mass is 10.4. The molecule has 0 amide bonds. The second kappa shape index (κ2) is 4.66. The molecule has 0 heterocycles. The van der Waals surface area contributed by atoms with Crippen molar-refractivity contribution in [2.45, 2.75) is 24.5 Å². The van der Waals surface area contributed by atoms with Crippen LogP contribution >= 0.6 is 23.2 Å². The fraction of sp³-hybridized carbons (Fsp3) is 0.333. The molecule has 0 unspecified atom stereocenters. The largest absolute Gasteiger partial charge is 0.312 e. The summed E-state index contributed by atoms with van der Waals surface area (Å²) in [5.41, 5.74) is 0. The van der Waals surface area contributed by atoms with Crippen LogP contribution in [0.5, 0.6) is 0 Å². The zero-order valence-corrected chi connectivity index (χ0v) is 12.4. The Balaban J connectivity index is 3.18. The summed E-state index contributed by atoms with van der Waals surface area (Å²) in [7, 11) is -5.99. The summed E-state index contributed by atoms with van der Waals surface area (Å²) in [5, 5.41) is 0.461. The highest BCUT2D eigenvalue weighted by Crippen LogP contribution is 2.27. The van der Waals surface area contributed by atoms with Crippen LogP contribution in [0, 0.1) is 0 Å². The molecule has 16 heavy (non-hydrogen) atoms. The Labute approximate surface area is 107 Å². The first-order chi connectivity index (χ1) is 7.12. The molecule has 7 heteroatoms. The van der Waals surface area contributed by atoms with Crippen molar-refractivity contribution in [1.29, 1.82) is 0 Å². The molecule has 0 bridgehead atoms. The lowest BCUT2D eigenvalue weighted by molar-refractivity contribution is 0.486. The highest BCUT2D eigenvalue weighted by atomic mass is 35.5. The Morgan fingerprint density at radius 2 is 1.75 bits per heavy atom. The number of benzene rings is 1. The predicted molar refractivity (Wildman–Crippen MR) is 68.1 cm³/mol. The normalized spacial score (nSPS) is 12.8. The van der Waals surface area contributed by atoms with E-state index in [4.69, 9.17) is 27.1 Å². The van der Waals surface area contributed by atoms with Gasteiger partial charge in [0.1, 0.15) is 4.90 Å². The molecule has 0 N–H and O–H groups in total. The van der Waals surface area contributed by atoms with Gasteiger partial charge < -0.3 is 3.87 Å². The number of hydrogen-bond acceptors (Lipinski definition) is 3. The van der Waals surface area contributed by atoms with Gasteiger partial charge in [-0.15, -0.1) is 0 Å². The van der Waals surface area contributed by atoms with Crippen molar-refractivity contribution in [2.75, 3.05) is 0 Å². The fourth-order valence-electron chi connectivity index (χ4n) is 1.05. The smallest absolute Gasteiger partial charge is 0.288 e. The van der Waals surface area contributed by atoms with E-state index in [1.54, 1.807) is 19.6 Å². The van der Waals surface area contributed by atoms with Crippen LogP contribution in [-0.2, 0) is 14.0 Å². The van der Waals surface area contributed by atoms with Gasteiger partial charge in [0, 0.05) is 5.02 Å². The minimum atomic E-state index is -3.79. The second-order valence-electron chi connectivity index (χ2n) is 4.22. The van der Waals surface area contributed by atoms with Crippen molar-refractivity contribution < 1.29 is 12.3 Å². The van der Waals surface area contributed by atoms with E-state index in [-0.39, 0.29) is 9.92 Å². The van der Waals surface area contributed by atoms with Gasteiger partial charge in [0.2, 0.25) is 8.32 Å². The van der Waals surface area contributed by atoms with Gasteiger partial charge in [-0.05, 0) is 37.8 Å². The van der Waals surface area contributed by atoms with Crippen molar-refractivity contribution >= 4 is 41.6 Å². The maximum Gasteiger partial charge on any atom is 0.288 e. The third-order valence-corrected chi connectivity index (χ3v) is 5.96. The summed E-state index contributed by atoms with van der Waals surface area (Å²) in [5.74, 6) is 0. The molecule has 0 aliphatic rings. The van der Waals surface area contributed by atoms with Crippen LogP contribution in [0.4, 0.5) is 0 Å². The van der Waals surface area contributed by atoms with Crippen molar-refractivity contribution in [3.05, 3.63) is 28.2 Å². The van der Waals surface area contributed by atoms with E-state index in [1.165, 1.54) is 18.2 Å². The minimum absolute atomic E-state index is 0.0407. The van der Waals surface area contributed by atoms with Crippen LogP contribution in [0.2, 0.25) is 29.7 Å². The summed E-state index contributed by atoms with van der Waals surface area (Å²) in [6, 6.07) is 4.19. The van der Waals surface area contributed by atoms with Crippen molar-refractivity contribution in [1.82, 2.24) is 0 Å². The quantitative estimate of drug-likeness (QED) is 0.802. The van der Waals surface area contributed by atoms with Gasteiger partial charge in [-0.1, -0.05) is 23.2 Å². The third-order valence-electron chi connectivity index (χ3n) is 1.52. The Morgan fingerprint density at radius 1 is 1.19 bits per heavy atom.